The topological polar surface area (TPSA) is 12.5 Å². The summed E-state index contributed by atoms with van der Waals surface area (Å²) in [6.07, 6.45) is 11.4. The summed E-state index contributed by atoms with van der Waals surface area (Å²) in [6.45, 7) is 3.38. The van der Waals surface area contributed by atoms with Crippen molar-refractivity contribution >= 4 is 0 Å². The van der Waals surface area contributed by atoms with Gasteiger partial charge in [-0.1, -0.05) is 31.7 Å². The Balaban J connectivity index is 1.68. The Labute approximate surface area is 141 Å². The number of likely N-dealkylation sites (N-methyl/N-ethyl adjacent to an activating group) is 1. The minimum Gasteiger partial charge on any atom is -0.496 e. The van der Waals surface area contributed by atoms with Crippen LogP contribution in [0.25, 0.3) is 0 Å². The Morgan fingerprint density at radius 2 is 1.96 bits per heavy atom. The highest BCUT2D eigenvalue weighted by atomic mass is 16.5. The lowest BCUT2D eigenvalue weighted by Crippen LogP contribution is -2.38. The number of benzene rings is 1. The summed E-state index contributed by atoms with van der Waals surface area (Å²) in [4.78, 5) is 2.64. The number of fused-ring (bicyclic) bond motifs is 1. The molecule has 0 bridgehead atoms. The zero-order valence-corrected chi connectivity index (χ0v) is 15.0. The van der Waals surface area contributed by atoms with Gasteiger partial charge in [0.05, 0.1) is 7.11 Å². The van der Waals surface area contributed by atoms with Crippen LogP contribution in [0.4, 0.5) is 0 Å². The van der Waals surface area contributed by atoms with E-state index in [9.17, 15) is 0 Å². The highest BCUT2D eigenvalue weighted by molar-refractivity contribution is 5.46. The van der Waals surface area contributed by atoms with E-state index in [1.54, 1.807) is 11.1 Å². The van der Waals surface area contributed by atoms with Crippen LogP contribution in [0.3, 0.4) is 0 Å². The lowest BCUT2D eigenvalue weighted by molar-refractivity contribution is 0.127. The van der Waals surface area contributed by atoms with E-state index < -0.39 is 0 Å². The molecule has 1 heterocycles. The van der Waals surface area contributed by atoms with Gasteiger partial charge in [0.25, 0.3) is 0 Å². The first-order chi connectivity index (χ1) is 11.1. The summed E-state index contributed by atoms with van der Waals surface area (Å²) in [6, 6.07) is 5.36. The minimum absolute atomic E-state index is 0.555. The van der Waals surface area contributed by atoms with E-state index in [0.717, 1.165) is 11.7 Å². The van der Waals surface area contributed by atoms with Crippen LogP contribution < -0.4 is 4.74 Å². The van der Waals surface area contributed by atoms with E-state index in [4.69, 9.17) is 4.74 Å². The molecule has 0 saturated heterocycles. The average Bonchev–Trinajstić information content (AvgIpc) is 3.11. The van der Waals surface area contributed by atoms with Gasteiger partial charge in [0, 0.05) is 12.6 Å². The van der Waals surface area contributed by atoms with Crippen molar-refractivity contribution in [3.63, 3.8) is 0 Å². The molecule has 2 heteroatoms. The summed E-state index contributed by atoms with van der Waals surface area (Å²) in [5, 5.41) is 0. The van der Waals surface area contributed by atoms with Gasteiger partial charge in [-0.3, -0.25) is 4.90 Å². The van der Waals surface area contributed by atoms with Crippen molar-refractivity contribution in [2.45, 2.75) is 64.3 Å². The molecule has 2 nitrogen and oxygen atoms in total. The quantitative estimate of drug-likeness (QED) is 0.784. The summed E-state index contributed by atoms with van der Waals surface area (Å²) in [7, 11) is 4.15. The zero-order valence-electron chi connectivity index (χ0n) is 15.0. The van der Waals surface area contributed by atoms with Crippen LogP contribution in [0.1, 0.15) is 67.7 Å². The highest BCUT2D eigenvalue weighted by Gasteiger charge is 2.53. The molecule has 1 aliphatic heterocycles. The maximum absolute atomic E-state index is 5.64. The second-order valence-corrected chi connectivity index (χ2v) is 8.37. The van der Waals surface area contributed by atoms with Crippen LogP contribution >= 0.6 is 0 Å². The van der Waals surface area contributed by atoms with Crippen LogP contribution in [0.15, 0.2) is 12.1 Å². The largest absolute Gasteiger partial charge is 0.496 e. The molecule has 3 aliphatic rings. The molecule has 0 radical (unpaired) electrons. The fraction of sp³-hybridized carbons (Fsp3) is 0.714. The molecule has 126 valence electrons. The van der Waals surface area contributed by atoms with E-state index in [2.05, 4.69) is 31.0 Å². The van der Waals surface area contributed by atoms with Gasteiger partial charge in [-0.15, -0.1) is 0 Å². The SMILES string of the molecule is COc1cc2c(cc1C)CCN(C)C2C1(CC2CCCC2)CC1. The molecular formula is C21H31NO. The van der Waals surface area contributed by atoms with E-state index in [0.29, 0.717) is 11.5 Å². The van der Waals surface area contributed by atoms with Crippen molar-refractivity contribution in [1.29, 1.82) is 0 Å². The van der Waals surface area contributed by atoms with E-state index in [1.165, 1.54) is 63.5 Å². The summed E-state index contributed by atoms with van der Waals surface area (Å²) in [5.41, 5.74) is 4.98. The summed E-state index contributed by atoms with van der Waals surface area (Å²) < 4.78 is 5.64. The van der Waals surface area contributed by atoms with Gasteiger partial charge in [-0.25, -0.2) is 0 Å². The van der Waals surface area contributed by atoms with Gasteiger partial charge in [-0.05, 0) is 73.7 Å². The third kappa shape index (κ3) is 2.69. The standard InChI is InChI=1S/C21H31NO/c1-15-12-17-8-11-22(2)20(18(17)13-19(15)23-3)21(9-10-21)14-16-6-4-5-7-16/h12-13,16,20H,4-11,14H2,1-3H3. The van der Waals surface area contributed by atoms with Crippen LogP contribution in [0, 0.1) is 18.3 Å². The number of ether oxygens (including phenoxy) is 1. The second-order valence-electron chi connectivity index (χ2n) is 8.37. The van der Waals surface area contributed by atoms with Gasteiger partial charge in [-0.2, -0.15) is 0 Å². The molecule has 2 aliphatic carbocycles. The minimum atomic E-state index is 0.555. The van der Waals surface area contributed by atoms with Crippen molar-refractivity contribution in [1.82, 2.24) is 4.90 Å². The molecule has 0 aromatic heterocycles. The Morgan fingerprint density at radius 1 is 1.22 bits per heavy atom. The fourth-order valence-corrected chi connectivity index (χ4v) is 5.45. The van der Waals surface area contributed by atoms with E-state index in [-0.39, 0.29) is 0 Å². The van der Waals surface area contributed by atoms with Crippen LogP contribution in [0.5, 0.6) is 5.75 Å². The van der Waals surface area contributed by atoms with E-state index in [1.807, 2.05) is 7.11 Å². The number of nitrogens with zero attached hydrogens (tertiary/aromatic N) is 1. The van der Waals surface area contributed by atoms with Crippen molar-refractivity contribution in [3.05, 3.63) is 28.8 Å². The van der Waals surface area contributed by atoms with Gasteiger partial charge in [0.1, 0.15) is 5.75 Å². The summed E-state index contributed by atoms with van der Waals surface area (Å²) >= 11 is 0. The third-order valence-corrected chi connectivity index (χ3v) is 6.77. The Kier molecular flexibility index (Phi) is 3.91. The van der Waals surface area contributed by atoms with Crippen molar-refractivity contribution < 1.29 is 4.74 Å². The summed E-state index contributed by atoms with van der Waals surface area (Å²) in [5.74, 6) is 2.06. The van der Waals surface area contributed by atoms with Gasteiger partial charge in [0.2, 0.25) is 0 Å². The molecule has 1 aromatic carbocycles. The normalized spacial score (nSPS) is 27.0. The van der Waals surface area contributed by atoms with Crippen molar-refractivity contribution in [2.24, 2.45) is 11.3 Å². The van der Waals surface area contributed by atoms with E-state index >= 15 is 0 Å². The lowest BCUT2D eigenvalue weighted by Gasteiger charge is -2.41. The van der Waals surface area contributed by atoms with Crippen LogP contribution in [-0.2, 0) is 6.42 Å². The lowest BCUT2D eigenvalue weighted by atomic mass is 9.77. The van der Waals surface area contributed by atoms with Gasteiger partial charge >= 0.3 is 0 Å². The second kappa shape index (κ2) is 5.81. The molecular weight excluding hydrogens is 282 g/mol. The number of methoxy groups -OCH3 is 1. The van der Waals surface area contributed by atoms with Gasteiger partial charge < -0.3 is 4.74 Å². The zero-order chi connectivity index (χ0) is 16.0. The number of aryl methyl sites for hydroxylation is 1. The first kappa shape index (κ1) is 15.5. The Morgan fingerprint density at radius 3 is 2.61 bits per heavy atom. The Bertz CT molecular complexity index is 584. The number of hydrogen-bond donors (Lipinski definition) is 0. The molecule has 0 N–H and O–H groups in total. The maximum atomic E-state index is 5.64. The number of rotatable bonds is 4. The molecule has 1 atom stereocenters. The fourth-order valence-electron chi connectivity index (χ4n) is 5.45. The van der Waals surface area contributed by atoms with Crippen molar-refractivity contribution in [3.8, 4) is 5.75 Å². The molecule has 23 heavy (non-hydrogen) atoms. The van der Waals surface area contributed by atoms with Crippen LogP contribution in [0.2, 0.25) is 0 Å². The molecule has 0 spiro atoms. The van der Waals surface area contributed by atoms with Crippen LogP contribution in [-0.4, -0.2) is 25.6 Å². The smallest absolute Gasteiger partial charge is 0.122 e. The number of hydrogen-bond acceptors (Lipinski definition) is 2. The first-order valence-corrected chi connectivity index (χ1v) is 9.51. The molecule has 0 amide bonds. The monoisotopic (exact) mass is 313 g/mol. The molecule has 1 unspecified atom stereocenters. The highest BCUT2D eigenvalue weighted by Crippen LogP contribution is 2.63. The van der Waals surface area contributed by atoms with Crippen molar-refractivity contribution in [2.75, 3.05) is 20.7 Å². The molecule has 4 rings (SSSR count). The third-order valence-electron chi connectivity index (χ3n) is 6.77. The maximum Gasteiger partial charge on any atom is 0.122 e. The average molecular weight is 313 g/mol. The first-order valence-electron chi connectivity index (χ1n) is 9.51. The Hall–Kier alpha value is -1.02. The predicted molar refractivity (Wildman–Crippen MR) is 95.0 cm³/mol. The molecule has 2 saturated carbocycles. The molecule has 2 fully saturated rings. The van der Waals surface area contributed by atoms with Gasteiger partial charge in [0.15, 0.2) is 0 Å². The molecule has 1 aromatic rings. The predicted octanol–water partition coefficient (Wildman–Crippen LogP) is 4.89.